The van der Waals surface area contributed by atoms with E-state index >= 15 is 0 Å². The minimum Gasteiger partial charge on any atom is -0.464 e. The van der Waals surface area contributed by atoms with Gasteiger partial charge in [0, 0.05) is 13.0 Å². The van der Waals surface area contributed by atoms with E-state index in [0.29, 0.717) is 5.69 Å². The molecule has 5 nitrogen and oxygen atoms in total. The van der Waals surface area contributed by atoms with Crippen LogP contribution >= 0.6 is 0 Å². The number of hydrogen-bond acceptors (Lipinski definition) is 4. The Hall–Kier alpha value is -1.88. The molecule has 0 aromatic carbocycles. The van der Waals surface area contributed by atoms with Crippen molar-refractivity contribution < 1.29 is 14.3 Å². The minimum atomic E-state index is -0.348. The Morgan fingerprint density at radius 3 is 3.15 bits per heavy atom. The summed E-state index contributed by atoms with van der Waals surface area (Å²) in [5, 5.41) is 0. The number of pyridine rings is 1. The Bertz CT molecular complexity index is 615. The number of fused-ring (bicyclic) bond motifs is 1. The summed E-state index contributed by atoms with van der Waals surface area (Å²) in [5.41, 5.74) is 1.41. The van der Waals surface area contributed by atoms with Crippen LogP contribution in [0.15, 0.2) is 24.4 Å². The van der Waals surface area contributed by atoms with Crippen molar-refractivity contribution in [1.82, 2.24) is 9.38 Å². The largest absolute Gasteiger partial charge is 0.464 e. The third-order valence-corrected chi connectivity index (χ3v) is 3.70. The molecule has 0 bridgehead atoms. The van der Waals surface area contributed by atoms with E-state index < -0.39 is 0 Å². The average molecular weight is 274 g/mol. The van der Waals surface area contributed by atoms with Crippen molar-refractivity contribution in [3.63, 3.8) is 0 Å². The molecule has 20 heavy (non-hydrogen) atoms. The zero-order valence-corrected chi connectivity index (χ0v) is 11.5. The van der Waals surface area contributed by atoms with Gasteiger partial charge in [-0.3, -0.25) is 4.40 Å². The summed E-state index contributed by atoms with van der Waals surface area (Å²) in [7, 11) is 1.39. The molecule has 5 heteroatoms. The molecule has 106 valence electrons. The van der Waals surface area contributed by atoms with Gasteiger partial charge < -0.3 is 9.47 Å². The van der Waals surface area contributed by atoms with Crippen LogP contribution in [-0.4, -0.2) is 35.2 Å². The minimum absolute atomic E-state index is 0.194. The normalized spacial score (nSPS) is 19.1. The number of rotatable bonds is 3. The Morgan fingerprint density at radius 2 is 2.40 bits per heavy atom. The fourth-order valence-electron chi connectivity index (χ4n) is 2.69. The van der Waals surface area contributed by atoms with Crippen LogP contribution in [0.25, 0.3) is 5.52 Å². The highest BCUT2D eigenvalue weighted by atomic mass is 16.5. The highest BCUT2D eigenvalue weighted by molar-refractivity contribution is 5.88. The van der Waals surface area contributed by atoms with Crippen LogP contribution in [0.4, 0.5) is 0 Å². The van der Waals surface area contributed by atoms with E-state index in [1.807, 2.05) is 16.5 Å². The number of hydrogen-bond donors (Lipinski definition) is 0. The molecule has 3 heterocycles. The standard InChI is InChI=1S/C15H18N2O3/c1-19-15(18)13-7-4-5-11-10-16-14(17(11)13)9-12-6-2-3-8-20-12/h4-5,7,10,12H,2-3,6,8-9H2,1H3. The first-order valence-corrected chi connectivity index (χ1v) is 6.95. The summed E-state index contributed by atoms with van der Waals surface area (Å²) in [4.78, 5) is 16.3. The molecule has 1 aliphatic rings. The summed E-state index contributed by atoms with van der Waals surface area (Å²) in [6, 6.07) is 5.53. The third kappa shape index (κ3) is 2.41. The molecule has 1 aliphatic heterocycles. The van der Waals surface area contributed by atoms with E-state index in [1.165, 1.54) is 13.5 Å². The van der Waals surface area contributed by atoms with Gasteiger partial charge in [-0.1, -0.05) is 6.07 Å². The van der Waals surface area contributed by atoms with E-state index in [2.05, 4.69) is 4.98 Å². The van der Waals surface area contributed by atoms with Gasteiger partial charge in [0.1, 0.15) is 11.5 Å². The lowest BCUT2D eigenvalue weighted by Crippen LogP contribution is -2.23. The first-order valence-electron chi connectivity index (χ1n) is 6.95. The van der Waals surface area contributed by atoms with Crippen molar-refractivity contribution >= 4 is 11.5 Å². The predicted octanol–water partition coefficient (Wildman–Crippen LogP) is 2.23. The van der Waals surface area contributed by atoms with Crippen LogP contribution < -0.4 is 0 Å². The van der Waals surface area contributed by atoms with Crippen molar-refractivity contribution in [3.05, 3.63) is 35.9 Å². The fourth-order valence-corrected chi connectivity index (χ4v) is 2.69. The Morgan fingerprint density at radius 1 is 1.50 bits per heavy atom. The van der Waals surface area contributed by atoms with Gasteiger partial charge in [0.2, 0.25) is 0 Å². The second kappa shape index (κ2) is 5.63. The second-order valence-electron chi connectivity index (χ2n) is 5.03. The summed E-state index contributed by atoms with van der Waals surface area (Å²) in [5.74, 6) is 0.507. The van der Waals surface area contributed by atoms with Crippen molar-refractivity contribution in [2.75, 3.05) is 13.7 Å². The molecule has 2 aromatic heterocycles. The summed E-state index contributed by atoms with van der Waals surface area (Å²) < 4.78 is 12.5. The summed E-state index contributed by atoms with van der Waals surface area (Å²) in [6.07, 6.45) is 6.08. The topological polar surface area (TPSA) is 52.8 Å². The number of imidazole rings is 1. The Labute approximate surface area is 117 Å². The molecule has 0 amide bonds. The number of aromatic nitrogens is 2. The van der Waals surface area contributed by atoms with Crippen LogP contribution in [0.2, 0.25) is 0 Å². The van der Waals surface area contributed by atoms with Gasteiger partial charge in [0.15, 0.2) is 0 Å². The predicted molar refractivity (Wildman–Crippen MR) is 73.8 cm³/mol. The molecule has 0 N–H and O–H groups in total. The van der Waals surface area contributed by atoms with E-state index in [9.17, 15) is 4.79 Å². The van der Waals surface area contributed by atoms with Crippen molar-refractivity contribution in [2.24, 2.45) is 0 Å². The molecule has 0 spiro atoms. The van der Waals surface area contributed by atoms with Gasteiger partial charge in [0.25, 0.3) is 0 Å². The molecular formula is C15H18N2O3. The van der Waals surface area contributed by atoms with Crippen LogP contribution in [0, 0.1) is 0 Å². The van der Waals surface area contributed by atoms with Crippen molar-refractivity contribution in [1.29, 1.82) is 0 Å². The molecule has 3 rings (SSSR count). The molecule has 0 aliphatic carbocycles. The number of esters is 1. The van der Waals surface area contributed by atoms with Gasteiger partial charge in [-0.15, -0.1) is 0 Å². The average Bonchev–Trinajstić information content (AvgIpc) is 2.91. The first kappa shape index (κ1) is 13.1. The lowest BCUT2D eigenvalue weighted by molar-refractivity contribution is 0.0155. The molecular weight excluding hydrogens is 256 g/mol. The number of ether oxygens (including phenoxy) is 2. The van der Waals surface area contributed by atoms with E-state index in [-0.39, 0.29) is 12.1 Å². The van der Waals surface area contributed by atoms with Crippen molar-refractivity contribution in [3.8, 4) is 0 Å². The number of methoxy groups -OCH3 is 1. The quantitative estimate of drug-likeness (QED) is 0.805. The van der Waals surface area contributed by atoms with E-state index in [0.717, 1.165) is 37.2 Å². The van der Waals surface area contributed by atoms with Gasteiger partial charge in [-0.25, -0.2) is 9.78 Å². The van der Waals surface area contributed by atoms with Crippen LogP contribution in [-0.2, 0) is 15.9 Å². The molecule has 1 fully saturated rings. The van der Waals surface area contributed by atoms with Crippen LogP contribution in [0.3, 0.4) is 0 Å². The summed E-state index contributed by atoms with van der Waals surface area (Å²) in [6.45, 7) is 0.817. The van der Waals surface area contributed by atoms with E-state index in [4.69, 9.17) is 9.47 Å². The third-order valence-electron chi connectivity index (χ3n) is 3.70. The Kier molecular flexibility index (Phi) is 3.69. The van der Waals surface area contributed by atoms with Gasteiger partial charge in [-0.2, -0.15) is 0 Å². The van der Waals surface area contributed by atoms with Crippen molar-refractivity contribution in [2.45, 2.75) is 31.8 Å². The molecule has 0 radical (unpaired) electrons. The number of carbonyl (C=O) groups is 1. The second-order valence-corrected chi connectivity index (χ2v) is 5.03. The maximum Gasteiger partial charge on any atom is 0.355 e. The van der Waals surface area contributed by atoms with Crippen LogP contribution in [0.5, 0.6) is 0 Å². The highest BCUT2D eigenvalue weighted by Crippen LogP contribution is 2.19. The van der Waals surface area contributed by atoms with E-state index in [1.54, 1.807) is 12.3 Å². The fraction of sp³-hybridized carbons (Fsp3) is 0.467. The smallest absolute Gasteiger partial charge is 0.355 e. The maximum atomic E-state index is 11.9. The molecule has 1 unspecified atom stereocenters. The zero-order chi connectivity index (χ0) is 13.9. The lowest BCUT2D eigenvalue weighted by atomic mass is 10.1. The Balaban J connectivity index is 1.96. The van der Waals surface area contributed by atoms with Gasteiger partial charge in [-0.05, 0) is 31.4 Å². The molecule has 1 atom stereocenters. The van der Waals surface area contributed by atoms with Gasteiger partial charge in [0.05, 0.1) is 24.9 Å². The molecule has 2 aromatic rings. The first-order chi connectivity index (χ1) is 9.79. The van der Waals surface area contributed by atoms with Gasteiger partial charge >= 0.3 is 5.97 Å². The highest BCUT2D eigenvalue weighted by Gasteiger charge is 2.19. The summed E-state index contributed by atoms with van der Waals surface area (Å²) >= 11 is 0. The molecule has 0 saturated carbocycles. The zero-order valence-electron chi connectivity index (χ0n) is 11.5. The monoisotopic (exact) mass is 274 g/mol. The maximum absolute atomic E-state index is 11.9. The SMILES string of the molecule is COC(=O)c1cccc2cnc(CC3CCCCO3)n12. The van der Waals surface area contributed by atoms with Crippen LogP contribution in [0.1, 0.15) is 35.6 Å². The number of nitrogens with zero attached hydrogens (tertiary/aromatic N) is 2. The molecule has 1 saturated heterocycles. The lowest BCUT2D eigenvalue weighted by Gasteiger charge is -2.22. The number of carbonyl (C=O) groups excluding carboxylic acids is 1.